The minimum atomic E-state index is 0.702. The zero-order valence-electron chi connectivity index (χ0n) is 26.5. The molecular formula is C46H28N2O. The van der Waals surface area contributed by atoms with Crippen LogP contribution in [0.25, 0.3) is 99.3 Å². The van der Waals surface area contributed by atoms with Crippen molar-refractivity contribution in [1.29, 1.82) is 0 Å². The maximum atomic E-state index is 6.34. The first-order chi connectivity index (χ1) is 24.3. The van der Waals surface area contributed by atoms with E-state index in [1.807, 2.05) is 30.3 Å². The molecule has 0 aliphatic rings. The van der Waals surface area contributed by atoms with E-state index in [9.17, 15) is 0 Å². The van der Waals surface area contributed by atoms with E-state index in [0.717, 1.165) is 61.1 Å². The molecule has 3 nitrogen and oxygen atoms in total. The second-order valence-electron chi connectivity index (χ2n) is 12.6. The molecule has 0 spiro atoms. The number of fused-ring (bicyclic) bond motifs is 7. The average molecular weight is 625 g/mol. The second-order valence-corrected chi connectivity index (χ2v) is 12.6. The first-order valence-corrected chi connectivity index (χ1v) is 16.6. The van der Waals surface area contributed by atoms with Gasteiger partial charge in [-0.2, -0.15) is 0 Å². The smallest absolute Gasteiger partial charge is 0.160 e. The highest BCUT2D eigenvalue weighted by molar-refractivity contribution is 6.15. The Morgan fingerprint density at radius 3 is 1.88 bits per heavy atom. The summed E-state index contributed by atoms with van der Waals surface area (Å²) in [5.41, 5.74) is 8.84. The van der Waals surface area contributed by atoms with E-state index in [2.05, 4.69) is 140 Å². The van der Waals surface area contributed by atoms with Gasteiger partial charge in [0.2, 0.25) is 0 Å². The van der Waals surface area contributed by atoms with Crippen molar-refractivity contribution in [3.63, 3.8) is 0 Å². The van der Waals surface area contributed by atoms with Gasteiger partial charge in [0.05, 0.1) is 11.4 Å². The van der Waals surface area contributed by atoms with Crippen molar-refractivity contribution in [1.82, 2.24) is 9.97 Å². The number of hydrogen-bond donors (Lipinski definition) is 0. The molecule has 0 N–H and O–H groups in total. The molecule has 0 fully saturated rings. The van der Waals surface area contributed by atoms with Gasteiger partial charge in [-0.1, -0.05) is 146 Å². The molecule has 0 bridgehead atoms. The van der Waals surface area contributed by atoms with Crippen molar-refractivity contribution < 1.29 is 4.42 Å². The van der Waals surface area contributed by atoms with Crippen LogP contribution in [0.1, 0.15) is 0 Å². The molecule has 3 heteroatoms. The lowest BCUT2D eigenvalue weighted by atomic mass is 9.94. The van der Waals surface area contributed by atoms with Gasteiger partial charge in [-0.05, 0) is 62.1 Å². The molecule has 8 aromatic carbocycles. The number of aromatic nitrogens is 2. The van der Waals surface area contributed by atoms with Gasteiger partial charge < -0.3 is 4.42 Å². The lowest BCUT2D eigenvalue weighted by Crippen LogP contribution is -1.96. The molecule has 10 rings (SSSR count). The molecule has 228 valence electrons. The quantitative estimate of drug-likeness (QED) is 0.144. The van der Waals surface area contributed by atoms with Crippen molar-refractivity contribution in [2.75, 3.05) is 0 Å². The van der Waals surface area contributed by atoms with E-state index in [-0.39, 0.29) is 0 Å². The largest absolute Gasteiger partial charge is 0.455 e. The van der Waals surface area contributed by atoms with Crippen LogP contribution < -0.4 is 0 Å². The second kappa shape index (κ2) is 11.0. The highest BCUT2D eigenvalue weighted by Gasteiger charge is 2.16. The van der Waals surface area contributed by atoms with Crippen molar-refractivity contribution >= 4 is 54.3 Å². The van der Waals surface area contributed by atoms with Gasteiger partial charge in [0.15, 0.2) is 5.82 Å². The first-order valence-electron chi connectivity index (χ1n) is 16.6. The first kappa shape index (κ1) is 27.5. The molecule has 0 aliphatic heterocycles. The summed E-state index contributed by atoms with van der Waals surface area (Å²) in [5.74, 6) is 0.702. The third-order valence-corrected chi connectivity index (χ3v) is 9.67. The van der Waals surface area contributed by atoms with Gasteiger partial charge in [0, 0.05) is 33.0 Å². The molecule has 0 saturated heterocycles. The molecule has 0 radical (unpaired) electrons. The Labute approximate surface area is 282 Å². The van der Waals surface area contributed by atoms with Crippen LogP contribution in [0.4, 0.5) is 0 Å². The van der Waals surface area contributed by atoms with Gasteiger partial charge in [0.25, 0.3) is 0 Å². The molecule has 2 heterocycles. The Morgan fingerprint density at radius 2 is 1.02 bits per heavy atom. The predicted octanol–water partition coefficient (Wildman–Crippen LogP) is 12.5. The normalized spacial score (nSPS) is 11.7. The van der Waals surface area contributed by atoms with Crippen LogP contribution in [0.5, 0.6) is 0 Å². The molecule has 0 unspecified atom stereocenters. The zero-order valence-corrected chi connectivity index (χ0v) is 26.5. The fourth-order valence-electron chi connectivity index (χ4n) is 7.25. The van der Waals surface area contributed by atoms with E-state index >= 15 is 0 Å². The standard InChI is InChI=1S/C46H28N2O/c1-2-10-31(11-3-1)46-47-42(30-22-20-29(21-23-30)35-15-8-18-40-39-14-6-7-19-44(39)49-45(35)40)28-43(48-46)38-17-9-16-36-37(38)25-24-34-26-32-12-4-5-13-33(32)27-41(34)36/h1-28H. The Morgan fingerprint density at radius 1 is 0.347 bits per heavy atom. The predicted molar refractivity (Wildman–Crippen MR) is 204 cm³/mol. The molecule has 49 heavy (non-hydrogen) atoms. The van der Waals surface area contributed by atoms with Crippen molar-refractivity contribution in [2.45, 2.75) is 0 Å². The summed E-state index contributed by atoms with van der Waals surface area (Å²) in [4.78, 5) is 10.3. The Hall–Kier alpha value is -6.58. The zero-order chi connectivity index (χ0) is 32.3. The van der Waals surface area contributed by atoms with Crippen LogP contribution in [0.2, 0.25) is 0 Å². The Kier molecular flexibility index (Phi) is 6.18. The van der Waals surface area contributed by atoms with Crippen molar-refractivity contribution in [3.8, 4) is 45.0 Å². The summed E-state index contributed by atoms with van der Waals surface area (Å²) in [7, 11) is 0. The van der Waals surface area contributed by atoms with E-state index < -0.39 is 0 Å². The molecule has 2 aromatic heterocycles. The summed E-state index contributed by atoms with van der Waals surface area (Å²) < 4.78 is 6.34. The lowest BCUT2D eigenvalue weighted by Gasteiger charge is -2.13. The number of benzene rings is 8. The molecule has 0 saturated carbocycles. The number of rotatable bonds is 4. The van der Waals surface area contributed by atoms with Crippen LogP contribution >= 0.6 is 0 Å². The van der Waals surface area contributed by atoms with Gasteiger partial charge in [0.1, 0.15) is 11.2 Å². The molecule has 10 aromatic rings. The number of hydrogen-bond acceptors (Lipinski definition) is 3. The number of nitrogens with zero attached hydrogens (tertiary/aromatic N) is 2. The van der Waals surface area contributed by atoms with E-state index in [1.165, 1.54) is 32.3 Å². The molecular weight excluding hydrogens is 597 g/mol. The lowest BCUT2D eigenvalue weighted by molar-refractivity contribution is 0.670. The van der Waals surface area contributed by atoms with Crippen molar-refractivity contribution in [3.05, 3.63) is 170 Å². The highest BCUT2D eigenvalue weighted by atomic mass is 16.3. The van der Waals surface area contributed by atoms with Gasteiger partial charge in [-0.3, -0.25) is 0 Å². The van der Waals surface area contributed by atoms with Gasteiger partial charge in [-0.25, -0.2) is 9.97 Å². The van der Waals surface area contributed by atoms with Crippen LogP contribution in [-0.2, 0) is 0 Å². The third-order valence-electron chi connectivity index (χ3n) is 9.67. The van der Waals surface area contributed by atoms with E-state index in [4.69, 9.17) is 14.4 Å². The molecule has 0 atom stereocenters. The van der Waals surface area contributed by atoms with Crippen molar-refractivity contribution in [2.24, 2.45) is 0 Å². The SMILES string of the molecule is c1ccc(-c2nc(-c3ccc(-c4cccc5c4oc4ccccc45)cc3)cc(-c3cccc4c3ccc3cc5ccccc5cc34)n2)cc1. The van der Waals surface area contributed by atoms with Crippen LogP contribution in [0.15, 0.2) is 174 Å². The number of para-hydroxylation sites is 2. The van der Waals surface area contributed by atoms with Crippen LogP contribution in [0.3, 0.4) is 0 Å². The Bertz CT molecular complexity index is 2870. The third kappa shape index (κ3) is 4.59. The fraction of sp³-hybridized carbons (Fsp3) is 0. The Balaban J connectivity index is 1.12. The maximum Gasteiger partial charge on any atom is 0.160 e. The topological polar surface area (TPSA) is 38.9 Å². The van der Waals surface area contributed by atoms with Gasteiger partial charge >= 0.3 is 0 Å². The maximum absolute atomic E-state index is 6.34. The minimum absolute atomic E-state index is 0.702. The van der Waals surface area contributed by atoms with E-state index in [1.54, 1.807) is 0 Å². The molecule has 0 amide bonds. The van der Waals surface area contributed by atoms with Crippen LogP contribution in [0, 0.1) is 0 Å². The summed E-state index contributed by atoms with van der Waals surface area (Å²) >= 11 is 0. The number of furan rings is 1. The average Bonchev–Trinajstić information content (AvgIpc) is 3.56. The van der Waals surface area contributed by atoms with Crippen LogP contribution in [-0.4, -0.2) is 9.97 Å². The summed E-state index contributed by atoms with van der Waals surface area (Å²) in [5, 5.41) is 9.60. The van der Waals surface area contributed by atoms with E-state index in [0.29, 0.717) is 5.82 Å². The molecule has 0 aliphatic carbocycles. The highest BCUT2D eigenvalue weighted by Crippen LogP contribution is 2.38. The summed E-state index contributed by atoms with van der Waals surface area (Å²) in [6.07, 6.45) is 0. The monoisotopic (exact) mass is 624 g/mol. The fourth-order valence-corrected chi connectivity index (χ4v) is 7.25. The minimum Gasteiger partial charge on any atom is -0.455 e. The summed E-state index contributed by atoms with van der Waals surface area (Å²) in [6.45, 7) is 0. The van der Waals surface area contributed by atoms with Gasteiger partial charge in [-0.15, -0.1) is 0 Å². The summed E-state index contributed by atoms with van der Waals surface area (Å²) in [6, 6.07) is 59.7.